The average molecular weight is 346 g/mol. The summed E-state index contributed by atoms with van der Waals surface area (Å²) in [6, 6.07) is 6.01. The molecule has 24 heavy (non-hydrogen) atoms. The molecule has 0 atom stereocenters. The van der Waals surface area contributed by atoms with Gasteiger partial charge in [-0.1, -0.05) is 12.1 Å². The van der Waals surface area contributed by atoms with Gasteiger partial charge in [0.15, 0.2) is 0 Å². The molecular formula is C17H15FN2O3S. The van der Waals surface area contributed by atoms with Crippen molar-refractivity contribution in [1.82, 2.24) is 9.55 Å². The summed E-state index contributed by atoms with van der Waals surface area (Å²) in [5.74, 6) is -1.23. The first-order valence-electron chi connectivity index (χ1n) is 7.43. The third kappa shape index (κ3) is 3.07. The maximum absolute atomic E-state index is 13.2. The van der Waals surface area contributed by atoms with Crippen molar-refractivity contribution in [2.45, 2.75) is 26.3 Å². The second kappa shape index (κ2) is 6.52. The van der Waals surface area contributed by atoms with Gasteiger partial charge in [0.05, 0.1) is 11.7 Å². The van der Waals surface area contributed by atoms with E-state index in [-0.39, 0.29) is 17.8 Å². The summed E-state index contributed by atoms with van der Waals surface area (Å²) >= 11 is 1.42. The molecule has 124 valence electrons. The second-order valence-electron chi connectivity index (χ2n) is 5.46. The van der Waals surface area contributed by atoms with Crippen LogP contribution in [0.15, 0.2) is 35.4 Å². The van der Waals surface area contributed by atoms with Crippen LogP contribution in [0.3, 0.4) is 0 Å². The van der Waals surface area contributed by atoms with Crippen LogP contribution in [0.25, 0.3) is 21.3 Å². The van der Waals surface area contributed by atoms with Crippen molar-refractivity contribution < 1.29 is 14.3 Å². The lowest BCUT2D eigenvalue weighted by Crippen LogP contribution is -2.20. The Hall–Kier alpha value is -2.54. The fourth-order valence-electron chi connectivity index (χ4n) is 2.66. The highest BCUT2D eigenvalue weighted by molar-refractivity contribution is 7.19. The molecule has 0 aliphatic carbocycles. The summed E-state index contributed by atoms with van der Waals surface area (Å²) in [4.78, 5) is 29.3. The Kier molecular flexibility index (Phi) is 4.44. The molecule has 3 aromatic rings. The van der Waals surface area contributed by atoms with Crippen molar-refractivity contribution in [2.24, 2.45) is 0 Å². The highest BCUT2D eigenvalue weighted by Gasteiger charge is 2.17. The van der Waals surface area contributed by atoms with Gasteiger partial charge in [0.2, 0.25) is 0 Å². The number of hydrogen-bond acceptors (Lipinski definition) is 4. The smallest absolute Gasteiger partial charge is 0.303 e. The lowest BCUT2D eigenvalue weighted by Gasteiger charge is -2.06. The molecule has 1 N–H and O–H groups in total. The quantitative estimate of drug-likeness (QED) is 0.768. The van der Waals surface area contributed by atoms with Gasteiger partial charge in [-0.15, -0.1) is 11.3 Å². The first-order chi connectivity index (χ1) is 11.5. The number of carboxylic acid groups (broad SMARTS) is 1. The van der Waals surface area contributed by atoms with Crippen molar-refractivity contribution in [1.29, 1.82) is 0 Å². The average Bonchev–Trinajstić information content (AvgIpc) is 2.87. The maximum Gasteiger partial charge on any atom is 0.303 e. The molecule has 2 aromatic heterocycles. The number of carboxylic acids is 1. The van der Waals surface area contributed by atoms with Gasteiger partial charge in [-0.2, -0.15) is 0 Å². The van der Waals surface area contributed by atoms with E-state index >= 15 is 0 Å². The molecule has 3 rings (SSSR count). The van der Waals surface area contributed by atoms with Gasteiger partial charge >= 0.3 is 5.97 Å². The molecule has 5 nitrogen and oxygen atoms in total. The number of aromatic nitrogens is 2. The van der Waals surface area contributed by atoms with Crippen LogP contribution in [0.4, 0.5) is 4.39 Å². The van der Waals surface area contributed by atoms with Crippen LogP contribution < -0.4 is 5.56 Å². The normalized spacial score (nSPS) is 11.1. The van der Waals surface area contributed by atoms with E-state index in [1.807, 2.05) is 6.92 Å². The van der Waals surface area contributed by atoms with Crippen molar-refractivity contribution in [3.8, 4) is 11.1 Å². The van der Waals surface area contributed by atoms with Gasteiger partial charge in [0, 0.05) is 23.4 Å². The standard InChI is InChI=1S/C17H15FN2O3S/c1-10-14(11-4-6-12(18)7-5-11)15-16(24-10)19-9-20(17(15)23)8-2-3-13(21)22/h4-7,9H,2-3,8H2,1H3,(H,21,22). The van der Waals surface area contributed by atoms with Crippen LogP contribution in [0, 0.1) is 12.7 Å². The summed E-state index contributed by atoms with van der Waals surface area (Å²) in [7, 11) is 0. The van der Waals surface area contributed by atoms with E-state index in [1.54, 1.807) is 12.1 Å². The number of thiophene rings is 1. The highest BCUT2D eigenvalue weighted by Crippen LogP contribution is 2.35. The lowest BCUT2D eigenvalue weighted by molar-refractivity contribution is -0.137. The zero-order valence-electron chi connectivity index (χ0n) is 13.0. The highest BCUT2D eigenvalue weighted by atomic mass is 32.1. The first-order valence-corrected chi connectivity index (χ1v) is 8.25. The molecule has 0 bridgehead atoms. The van der Waals surface area contributed by atoms with E-state index in [4.69, 9.17) is 5.11 Å². The minimum absolute atomic E-state index is 0.00202. The summed E-state index contributed by atoms with van der Waals surface area (Å²) in [5, 5.41) is 9.22. The fourth-order valence-corrected chi connectivity index (χ4v) is 3.66. The van der Waals surface area contributed by atoms with Gasteiger partial charge < -0.3 is 5.11 Å². The third-order valence-electron chi connectivity index (χ3n) is 3.78. The molecule has 0 saturated heterocycles. The maximum atomic E-state index is 13.2. The molecule has 0 unspecified atom stereocenters. The molecule has 2 heterocycles. The van der Waals surface area contributed by atoms with Crippen LogP contribution in [-0.4, -0.2) is 20.6 Å². The van der Waals surface area contributed by atoms with Gasteiger partial charge in [-0.05, 0) is 31.0 Å². The molecule has 7 heteroatoms. The molecule has 1 aromatic carbocycles. The Morgan fingerprint density at radius 3 is 2.71 bits per heavy atom. The Labute approximate surface area is 141 Å². The van der Waals surface area contributed by atoms with E-state index in [0.29, 0.717) is 23.2 Å². The topological polar surface area (TPSA) is 72.2 Å². The molecule has 0 aliphatic rings. The van der Waals surface area contributed by atoms with Gasteiger partial charge in [-0.25, -0.2) is 9.37 Å². The SMILES string of the molecule is Cc1sc2ncn(CCCC(=O)O)c(=O)c2c1-c1ccc(F)cc1. The minimum atomic E-state index is -0.893. The Bertz CT molecular complexity index is 960. The summed E-state index contributed by atoms with van der Waals surface area (Å²) < 4.78 is 14.6. The summed E-state index contributed by atoms with van der Waals surface area (Å²) in [6.07, 6.45) is 1.81. The number of nitrogens with zero attached hydrogens (tertiary/aromatic N) is 2. The zero-order valence-corrected chi connectivity index (χ0v) is 13.8. The predicted octanol–water partition coefficient (Wildman–Crippen LogP) is 3.44. The van der Waals surface area contributed by atoms with Gasteiger partial charge in [-0.3, -0.25) is 14.2 Å². The number of halogens is 1. The van der Waals surface area contributed by atoms with Crippen molar-refractivity contribution >= 4 is 27.5 Å². The minimum Gasteiger partial charge on any atom is -0.481 e. The first kappa shape index (κ1) is 16.3. The van der Waals surface area contributed by atoms with Crippen LogP contribution in [0.1, 0.15) is 17.7 Å². The number of aryl methyl sites for hydroxylation is 2. The Morgan fingerprint density at radius 1 is 1.33 bits per heavy atom. The molecule has 0 saturated carbocycles. The van der Waals surface area contributed by atoms with Crippen molar-refractivity contribution in [3.05, 3.63) is 51.6 Å². The number of hydrogen-bond donors (Lipinski definition) is 1. The third-order valence-corrected chi connectivity index (χ3v) is 4.79. The number of aliphatic carboxylic acids is 1. The molecule has 0 spiro atoms. The van der Waals surface area contributed by atoms with Crippen molar-refractivity contribution in [3.63, 3.8) is 0 Å². The van der Waals surface area contributed by atoms with Crippen LogP contribution in [0.5, 0.6) is 0 Å². The van der Waals surface area contributed by atoms with E-state index < -0.39 is 5.97 Å². The Balaban J connectivity index is 2.09. The van der Waals surface area contributed by atoms with Crippen LogP contribution in [0.2, 0.25) is 0 Å². The van der Waals surface area contributed by atoms with Gasteiger partial charge in [0.25, 0.3) is 5.56 Å². The van der Waals surface area contributed by atoms with E-state index in [9.17, 15) is 14.0 Å². The lowest BCUT2D eigenvalue weighted by atomic mass is 10.0. The molecule has 0 amide bonds. The van der Waals surface area contributed by atoms with E-state index in [2.05, 4.69) is 4.98 Å². The number of fused-ring (bicyclic) bond motifs is 1. The largest absolute Gasteiger partial charge is 0.481 e. The van der Waals surface area contributed by atoms with E-state index in [1.165, 1.54) is 34.4 Å². The molecule has 0 fully saturated rings. The number of rotatable bonds is 5. The molecular weight excluding hydrogens is 331 g/mol. The van der Waals surface area contributed by atoms with Crippen LogP contribution in [-0.2, 0) is 11.3 Å². The van der Waals surface area contributed by atoms with Crippen molar-refractivity contribution in [2.75, 3.05) is 0 Å². The number of carbonyl (C=O) groups is 1. The second-order valence-corrected chi connectivity index (χ2v) is 6.66. The van der Waals surface area contributed by atoms with E-state index in [0.717, 1.165) is 16.0 Å². The van der Waals surface area contributed by atoms with Gasteiger partial charge in [0.1, 0.15) is 10.6 Å². The summed E-state index contributed by atoms with van der Waals surface area (Å²) in [5.41, 5.74) is 1.33. The molecule has 0 aliphatic heterocycles. The number of benzene rings is 1. The fraction of sp³-hybridized carbons (Fsp3) is 0.235. The Morgan fingerprint density at radius 2 is 2.04 bits per heavy atom. The zero-order chi connectivity index (χ0) is 17.3. The predicted molar refractivity (Wildman–Crippen MR) is 90.9 cm³/mol. The monoisotopic (exact) mass is 346 g/mol. The molecule has 0 radical (unpaired) electrons. The summed E-state index contributed by atoms with van der Waals surface area (Å²) in [6.45, 7) is 2.20. The van der Waals surface area contributed by atoms with Crippen LogP contribution >= 0.6 is 11.3 Å².